The first-order valence-electron chi connectivity index (χ1n) is 13.0. The Hall–Kier alpha value is -3.52. The Morgan fingerprint density at radius 3 is 2.19 bits per heavy atom. The van der Waals surface area contributed by atoms with E-state index in [0.717, 1.165) is 17.7 Å². The fraction of sp³-hybridized carbons (Fsp3) is 0.448. The molecule has 2 aliphatic heterocycles. The number of fused-ring (bicyclic) bond motifs is 1. The van der Waals surface area contributed by atoms with Crippen LogP contribution in [0, 0.1) is 17.3 Å². The Bertz CT molecular complexity index is 1130. The maximum atomic E-state index is 13.9. The van der Waals surface area contributed by atoms with Crippen molar-refractivity contribution in [1.82, 2.24) is 15.3 Å². The predicted molar refractivity (Wildman–Crippen MR) is 138 cm³/mol. The molecule has 4 amide bonds. The first kappa shape index (κ1) is 26.5. The Labute approximate surface area is 217 Å². The van der Waals surface area contributed by atoms with Crippen molar-refractivity contribution in [2.75, 3.05) is 19.6 Å². The molecule has 0 aliphatic carbocycles. The Morgan fingerprint density at radius 1 is 0.973 bits per heavy atom. The molecule has 196 valence electrons. The molecule has 2 heterocycles. The van der Waals surface area contributed by atoms with Gasteiger partial charge in [0, 0.05) is 19.6 Å². The van der Waals surface area contributed by atoms with E-state index in [2.05, 4.69) is 12.1 Å². The van der Waals surface area contributed by atoms with Gasteiger partial charge in [0.05, 0.1) is 22.5 Å². The molecule has 0 bridgehead atoms. The summed E-state index contributed by atoms with van der Waals surface area (Å²) in [6.45, 7) is 5.11. The van der Waals surface area contributed by atoms with Crippen LogP contribution in [0.3, 0.4) is 0 Å². The first-order chi connectivity index (χ1) is 17.8. The smallest absolute Gasteiger partial charge is 0.261 e. The van der Waals surface area contributed by atoms with Crippen molar-refractivity contribution in [2.24, 2.45) is 17.3 Å². The standard InChI is InChI=1S/C29H35N3O5/c1-20(2)19-29(15-18-31(28(29)36)16-8-11-21-9-4-3-5-10-21)24(25(33)30-37)14-17-32-26(34)22-12-6-7-13-23(22)27(32)35/h3-7,9-10,12-13,20,24,37H,8,11,14-19H2,1-2H3,(H,30,33)/t24-,29+/m0/s1. The van der Waals surface area contributed by atoms with Gasteiger partial charge in [0.1, 0.15) is 0 Å². The van der Waals surface area contributed by atoms with Crippen LogP contribution in [0.2, 0.25) is 0 Å². The lowest BCUT2D eigenvalue weighted by Crippen LogP contribution is -2.48. The lowest BCUT2D eigenvalue weighted by Gasteiger charge is -2.36. The summed E-state index contributed by atoms with van der Waals surface area (Å²) in [5.74, 6) is -2.30. The van der Waals surface area contributed by atoms with Crippen LogP contribution in [0.1, 0.15) is 65.8 Å². The Morgan fingerprint density at radius 2 is 1.59 bits per heavy atom. The van der Waals surface area contributed by atoms with E-state index in [9.17, 15) is 24.4 Å². The summed E-state index contributed by atoms with van der Waals surface area (Å²) >= 11 is 0. The number of imide groups is 1. The van der Waals surface area contributed by atoms with Gasteiger partial charge in [-0.05, 0) is 55.7 Å². The number of nitrogens with one attached hydrogen (secondary N) is 1. The van der Waals surface area contributed by atoms with Gasteiger partial charge in [0.2, 0.25) is 11.8 Å². The van der Waals surface area contributed by atoms with Crippen LogP contribution in [0.25, 0.3) is 0 Å². The van der Waals surface area contributed by atoms with E-state index in [1.165, 1.54) is 5.56 Å². The molecule has 8 heteroatoms. The number of rotatable bonds is 11. The van der Waals surface area contributed by atoms with E-state index in [0.29, 0.717) is 37.1 Å². The topological polar surface area (TPSA) is 107 Å². The third kappa shape index (κ3) is 5.30. The minimum absolute atomic E-state index is 0.00837. The average Bonchev–Trinajstić information content (AvgIpc) is 3.33. The molecule has 4 rings (SSSR count). The zero-order chi connectivity index (χ0) is 26.6. The number of hydrogen-bond acceptors (Lipinski definition) is 5. The van der Waals surface area contributed by atoms with Crippen molar-refractivity contribution in [1.29, 1.82) is 0 Å². The van der Waals surface area contributed by atoms with Gasteiger partial charge in [-0.1, -0.05) is 56.3 Å². The van der Waals surface area contributed by atoms with Gasteiger partial charge in [-0.15, -0.1) is 0 Å². The third-order valence-electron chi connectivity index (χ3n) is 7.66. The van der Waals surface area contributed by atoms with Crippen molar-refractivity contribution < 1.29 is 24.4 Å². The number of amides is 4. The normalized spacial score (nSPS) is 20.1. The summed E-state index contributed by atoms with van der Waals surface area (Å²) < 4.78 is 0. The second-order valence-corrected chi connectivity index (χ2v) is 10.5. The van der Waals surface area contributed by atoms with Crippen LogP contribution in [-0.2, 0) is 16.0 Å². The fourth-order valence-electron chi connectivity index (χ4n) is 6.01. The molecule has 37 heavy (non-hydrogen) atoms. The highest BCUT2D eigenvalue weighted by Crippen LogP contribution is 2.46. The maximum Gasteiger partial charge on any atom is 0.261 e. The van der Waals surface area contributed by atoms with E-state index in [1.807, 2.05) is 36.9 Å². The number of hydroxylamine groups is 1. The van der Waals surface area contributed by atoms with Crippen LogP contribution >= 0.6 is 0 Å². The number of carbonyl (C=O) groups is 4. The van der Waals surface area contributed by atoms with Crippen molar-refractivity contribution in [3.8, 4) is 0 Å². The first-order valence-corrected chi connectivity index (χ1v) is 13.0. The van der Waals surface area contributed by atoms with Gasteiger partial charge >= 0.3 is 0 Å². The van der Waals surface area contributed by atoms with Crippen LogP contribution < -0.4 is 5.48 Å². The van der Waals surface area contributed by atoms with Crippen molar-refractivity contribution in [2.45, 2.75) is 46.0 Å². The highest BCUT2D eigenvalue weighted by molar-refractivity contribution is 6.21. The zero-order valence-corrected chi connectivity index (χ0v) is 21.5. The lowest BCUT2D eigenvalue weighted by molar-refractivity contribution is -0.150. The largest absolute Gasteiger partial charge is 0.342 e. The van der Waals surface area contributed by atoms with E-state index in [-0.39, 0.29) is 24.8 Å². The molecule has 0 aromatic heterocycles. The molecule has 0 saturated carbocycles. The molecule has 2 aromatic carbocycles. The van der Waals surface area contributed by atoms with E-state index >= 15 is 0 Å². The molecule has 8 nitrogen and oxygen atoms in total. The summed E-state index contributed by atoms with van der Waals surface area (Å²) in [6.07, 6.45) is 2.70. The minimum atomic E-state index is -1.01. The number of likely N-dealkylation sites (tertiary alicyclic amines) is 1. The van der Waals surface area contributed by atoms with Crippen LogP contribution in [-0.4, -0.2) is 58.3 Å². The molecule has 2 N–H and O–H groups in total. The molecular weight excluding hydrogens is 470 g/mol. The molecule has 0 unspecified atom stereocenters. The number of hydrogen-bond donors (Lipinski definition) is 2. The van der Waals surface area contributed by atoms with E-state index in [4.69, 9.17) is 0 Å². The average molecular weight is 506 g/mol. The van der Waals surface area contributed by atoms with Crippen LogP contribution in [0.4, 0.5) is 0 Å². The third-order valence-corrected chi connectivity index (χ3v) is 7.66. The highest BCUT2D eigenvalue weighted by Gasteiger charge is 2.54. The highest BCUT2D eigenvalue weighted by atomic mass is 16.5. The van der Waals surface area contributed by atoms with Gasteiger partial charge in [0.25, 0.3) is 11.8 Å². The Balaban J connectivity index is 1.51. The van der Waals surface area contributed by atoms with Crippen LogP contribution in [0.5, 0.6) is 0 Å². The molecular formula is C29H35N3O5. The molecule has 1 fully saturated rings. The lowest BCUT2D eigenvalue weighted by atomic mass is 9.67. The number of carbonyl (C=O) groups excluding carboxylic acids is 4. The monoisotopic (exact) mass is 505 g/mol. The zero-order valence-electron chi connectivity index (χ0n) is 21.5. The molecule has 2 aliphatic rings. The summed E-state index contributed by atoms with van der Waals surface area (Å²) in [6, 6.07) is 16.7. The van der Waals surface area contributed by atoms with Crippen molar-refractivity contribution in [3.63, 3.8) is 0 Å². The Kier molecular flexibility index (Phi) is 8.07. The van der Waals surface area contributed by atoms with Gasteiger partial charge < -0.3 is 4.90 Å². The minimum Gasteiger partial charge on any atom is -0.342 e. The second-order valence-electron chi connectivity index (χ2n) is 10.5. The fourth-order valence-corrected chi connectivity index (χ4v) is 6.01. The molecule has 0 spiro atoms. The summed E-state index contributed by atoms with van der Waals surface area (Å²) in [5.41, 5.74) is 2.64. The molecule has 2 atom stereocenters. The van der Waals surface area contributed by atoms with Gasteiger partial charge in [-0.25, -0.2) is 5.48 Å². The summed E-state index contributed by atoms with van der Waals surface area (Å²) in [4.78, 5) is 55.6. The van der Waals surface area contributed by atoms with Gasteiger partial charge in [-0.3, -0.25) is 29.3 Å². The molecule has 0 radical (unpaired) electrons. The van der Waals surface area contributed by atoms with E-state index < -0.39 is 29.1 Å². The number of aryl methyl sites for hydroxylation is 1. The van der Waals surface area contributed by atoms with Gasteiger partial charge in [0.15, 0.2) is 0 Å². The number of benzene rings is 2. The van der Waals surface area contributed by atoms with Crippen molar-refractivity contribution in [3.05, 3.63) is 71.3 Å². The predicted octanol–water partition coefficient (Wildman–Crippen LogP) is 3.69. The molecule has 1 saturated heterocycles. The summed E-state index contributed by atoms with van der Waals surface area (Å²) in [7, 11) is 0. The van der Waals surface area contributed by atoms with Gasteiger partial charge in [-0.2, -0.15) is 0 Å². The summed E-state index contributed by atoms with van der Waals surface area (Å²) in [5, 5.41) is 9.60. The van der Waals surface area contributed by atoms with Crippen molar-refractivity contribution >= 4 is 23.6 Å². The molecule has 2 aromatic rings. The second kappa shape index (κ2) is 11.3. The quantitative estimate of drug-likeness (QED) is 0.275. The number of nitrogens with zero attached hydrogens (tertiary/aromatic N) is 2. The van der Waals surface area contributed by atoms with Crippen LogP contribution in [0.15, 0.2) is 54.6 Å². The maximum absolute atomic E-state index is 13.9. The van der Waals surface area contributed by atoms with E-state index in [1.54, 1.807) is 29.7 Å². The SMILES string of the molecule is CC(C)C[C@@]1([C@@H](CCN2C(=O)c3ccccc3C2=O)C(=O)NO)CCN(CCCc2ccccc2)C1=O.